The molecule has 1 aliphatic rings. The number of hydrogen-bond acceptors (Lipinski definition) is 5. The topological polar surface area (TPSA) is 101 Å². The number of aromatic carboxylic acids is 1. The Morgan fingerprint density at radius 3 is 2.82 bits per heavy atom. The number of amides is 1. The van der Waals surface area contributed by atoms with E-state index in [2.05, 4.69) is 15.3 Å². The Balaban J connectivity index is 2.12. The van der Waals surface area contributed by atoms with E-state index in [9.17, 15) is 9.59 Å². The molecule has 7 nitrogen and oxygen atoms in total. The molecule has 2 heterocycles. The van der Waals surface area contributed by atoms with Gasteiger partial charge in [-0.25, -0.2) is 14.8 Å². The second-order valence-electron chi connectivity index (χ2n) is 3.55. The molecule has 1 aromatic heterocycles. The van der Waals surface area contributed by atoms with Gasteiger partial charge in [0.2, 0.25) is 0 Å². The van der Waals surface area contributed by atoms with Crippen molar-refractivity contribution in [1.29, 1.82) is 0 Å². The molecule has 2 N–H and O–H groups in total. The van der Waals surface area contributed by atoms with Gasteiger partial charge in [0.25, 0.3) is 5.91 Å². The Morgan fingerprint density at radius 1 is 1.41 bits per heavy atom. The zero-order valence-electron chi connectivity index (χ0n) is 8.92. The number of nitrogens with one attached hydrogen (secondary N) is 1. The van der Waals surface area contributed by atoms with Crippen LogP contribution in [0.15, 0.2) is 12.4 Å². The Bertz CT molecular complexity index is 443. The molecular formula is C10H11N3O4. The van der Waals surface area contributed by atoms with Crippen LogP contribution in [0.4, 0.5) is 5.82 Å². The molecule has 0 bridgehead atoms. The predicted molar refractivity (Wildman–Crippen MR) is 56.6 cm³/mol. The molecule has 0 saturated carbocycles. The summed E-state index contributed by atoms with van der Waals surface area (Å²) in [5, 5.41) is 11.3. The average Bonchev–Trinajstić information content (AvgIpc) is 2.83. The van der Waals surface area contributed by atoms with Crippen molar-refractivity contribution in [2.45, 2.75) is 18.9 Å². The maximum Gasteiger partial charge on any atom is 0.358 e. The first-order chi connectivity index (χ1) is 8.18. The van der Waals surface area contributed by atoms with Crippen LogP contribution in [0.2, 0.25) is 0 Å². The van der Waals surface area contributed by atoms with Gasteiger partial charge in [-0.05, 0) is 12.8 Å². The number of hydrogen-bond donors (Lipinski definition) is 2. The highest BCUT2D eigenvalue weighted by atomic mass is 16.5. The van der Waals surface area contributed by atoms with Crippen LogP contribution in [0.3, 0.4) is 0 Å². The van der Waals surface area contributed by atoms with Crippen LogP contribution in [0.25, 0.3) is 0 Å². The number of ether oxygens (including phenoxy) is 1. The van der Waals surface area contributed by atoms with Gasteiger partial charge in [0.1, 0.15) is 6.10 Å². The van der Waals surface area contributed by atoms with Gasteiger partial charge >= 0.3 is 5.97 Å². The fraction of sp³-hybridized carbons (Fsp3) is 0.400. The van der Waals surface area contributed by atoms with Crippen LogP contribution in [-0.4, -0.2) is 39.7 Å². The number of carbonyl (C=O) groups excluding carboxylic acids is 1. The third kappa shape index (κ3) is 2.56. The molecule has 1 fully saturated rings. The lowest BCUT2D eigenvalue weighted by molar-refractivity contribution is -0.124. The molecule has 0 aliphatic carbocycles. The largest absolute Gasteiger partial charge is 0.476 e. The van der Waals surface area contributed by atoms with E-state index in [0.29, 0.717) is 13.0 Å². The summed E-state index contributed by atoms with van der Waals surface area (Å²) < 4.78 is 5.18. The number of carboxylic acids is 1. The Morgan fingerprint density at radius 2 is 2.18 bits per heavy atom. The molecule has 7 heteroatoms. The van der Waals surface area contributed by atoms with Gasteiger partial charge in [-0.15, -0.1) is 0 Å². The lowest BCUT2D eigenvalue weighted by atomic mass is 10.2. The maximum atomic E-state index is 11.7. The van der Waals surface area contributed by atoms with Crippen LogP contribution in [0.1, 0.15) is 23.3 Å². The van der Waals surface area contributed by atoms with Gasteiger partial charge in [0.15, 0.2) is 11.5 Å². The number of aromatic nitrogens is 2. The quantitative estimate of drug-likeness (QED) is 0.783. The number of carboxylic acid groups (broad SMARTS) is 1. The van der Waals surface area contributed by atoms with Crippen LogP contribution < -0.4 is 5.32 Å². The molecular weight excluding hydrogens is 226 g/mol. The van der Waals surface area contributed by atoms with Crippen molar-refractivity contribution in [3.63, 3.8) is 0 Å². The molecule has 17 heavy (non-hydrogen) atoms. The van der Waals surface area contributed by atoms with E-state index in [-0.39, 0.29) is 17.4 Å². The zero-order valence-corrected chi connectivity index (χ0v) is 8.92. The van der Waals surface area contributed by atoms with Crippen LogP contribution >= 0.6 is 0 Å². The summed E-state index contributed by atoms with van der Waals surface area (Å²) in [7, 11) is 0. The van der Waals surface area contributed by atoms with Crippen LogP contribution in [-0.2, 0) is 9.53 Å². The highest BCUT2D eigenvalue weighted by molar-refractivity contribution is 5.99. The standard InChI is InChI=1S/C10H11N3O4/c14-9(6-2-1-5-17-6)13-8-7(10(15)16)11-3-4-12-8/h3-4,6H,1-2,5H2,(H,15,16)(H,12,13,14)/t6-/m0/s1. The summed E-state index contributed by atoms with van der Waals surface area (Å²) in [4.78, 5) is 30.0. The summed E-state index contributed by atoms with van der Waals surface area (Å²) in [5.41, 5.74) is -0.279. The van der Waals surface area contributed by atoms with Gasteiger partial charge in [0.05, 0.1) is 0 Å². The van der Waals surface area contributed by atoms with Crippen molar-refractivity contribution in [3.8, 4) is 0 Å². The zero-order chi connectivity index (χ0) is 12.3. The third-order valence-electron chi connectivity index (χ3n) is 2.36. The van der Waals surface area contributed by atoms with E-state index in [4.69, 9.17) is 9.84 Å². The van der Waals surface area contributed by atoms with Crippen molar-refractivity contribution in [2.75, 3.05) is 11.9 Å². The SMILES string of the molecule is O=C(O)c1nccnc1NC(=O)[C@@H]1CCCO1. The van der Waals surface area contributed by atoms with Crippen molar-refractivity contribution in [3.05, 3.63) is 18.1 Å². The van der Waals surface area contributed by atoms with E-state index in [1.165, 1.54) is 12.4 Å². The van der Waals surface area contributed by atoms with E-state index in [1.807, 2.05) is 0 Å². The van der Waals surface area contributed by atoms with Gasteiger partial charge < -0.3 is 15.2 Å². The lowest BCUT2D eigenvalue weighted by Crippen LogP contribution is -2.28. The molecule has 0 aromatic carbocycles. The van der Waals surface area contributed by atoms with Crippen molar-refractivity contribution < 1.29 is 19.4 Å². The maximum absolute atomic E-state index is 11.7. The van der Waals surface area contributed by atoms with Gasteiger partial charge in [0, 0.05) is 19.0 Å². The number of carbonyl (C=O) groups is 2. The Kier molecular flexibility index (Phi) is 3.29. The van der Waals surface area contributed by atoms with Gasteiger partial charge in [-0.2, -0.15) is 0 Å². The average molecular weight is 237 g/mol. The van der Waals surface area contributed by atoms with E-state index in [1.54, 1.807) is 0 Å². The first kappa shape index (κ1) is 11.5. The lowest BCUT2D eigenvalue weighted by Gasteiger charge is -2.10. The smallest absolute Gasteiger partial charge is 0.358 e. The Labute approximate surface area is 96.8 Å². The normalized spacial score (nSPS) is 18.9. The fourth-order valence-electron chi connectivity index (χ4n) is 1.57. The van der Waals surface area contributed by atoms with Crippen molar-refractivity contribution in [1.82, 2.24) is 9.97 Å². The molecule has 90 valence electrons. The molecule has 1 saturated heterocycles. The second-order valence-corrected chi connectivity index (χ2v) is 3.55. The van der Waals surface area contributed by atoms with Crippen LogP contribution in [0, 0.1) is 0 Å². The molecule has 0 spiro atoms. The molecule has 1 aliphatic heterocycles. The fourth-order valence-corrected chi connectivity index (χ4v) is 1.57. The van der Waals surface area contributed by atoms with Crippen molar-refractivity contribution in [2.24, 2.45) is 0 Å². The first-order valence-corrected chi connectivity index (χ1v) is 5.15. The minimum Gasteiger partial charge on any atom is -0.476 e. The number of anilines is 1. The minimum absolute atomic E-state index is 0.0551. The number of nitrogens with zero attached hydrogens (tertiary/aromatic N) is 2. The van der Waals surface area contributed by atoms with E-state index < -0.39 is 12.1 Å². The van der Waals surface area contributed by atoms with Gasteiger partial charge in [-0.1, -0.05) is 0 Å². The molecule has 1 amide bonds. The van der Waals surface area contributed by atoms with E-state index in [0.717, 1.165) is 6.42 Å². The molecule has 0 unspecified atom stereocenters. The highest BCUT2D eigenvalue weighted by Gasteiger charge is 2.25. The predicted octanol–water partition coefficient (Wildman–Crippen LogP) is 0.292. The molecule has 1 atom stereocenters. The Hall–Kier alpha value is -2.02. The summed E-state index contributed by atoms with van der Waals surface area (Å²) in [5.74, 6) is -1.67. The van der Waals surface area contributed by atoms with E-state index >= 15 is 0 Å². The van der Waals surface area contributed by atoms with Crippen LogP contribution in [0.5, 0.6) is 0 Å². The first-order valence-electron chi connectivity index (χ1n) is 5.15. The molecule has 0 radical (unpaired) electrons. The number of rotatable bonds is 3. The molecule has 1 aromatic rings. The molecule has 2 rings (SSSR count). The summed E-state index contributed by atoms with van der Waals surface area (Å²) in [6.45, 7) is 0.546. The minimum atomic E-state index is -1.24. The van der Waals surface area contributed by atoms with Gasteiger partial charge in [-0.3, -0.25) is 4.79 Å². The highest BCUT2D eigenvalue weighted by Crippen LogP contribution is 2.15. The second kappa shape index (κ2) is 4.88. The third-order valence-corrected chi connectivity index (χ3v) is 2.36. The summed E-state index contributed by atoms with van der Waals surface area (Å²) >= 11 is 0. The summed E-state index contributed by atoms with van der Waals surface area (Å²) in [6.07, 6.45) is 3.50. The monoisotopic (exact) mass is 237 g/mol. The summed E-state index contributed by atoms with van der Waals surface area (Å²) in [6, 6.07) is 0. The van der Waals surface area contributed by atoms with Crippen molar-refractivity contribution >= 4 is 17.7 Å².